The SMILES string of the molecule is c1ccc(-c2cc(-c3ccc4ccccc4c3)cc(-c3cccc4sc5cc(C6(c7ccccc7)c7ccccc7-c7ccccc76)ccc5c34)c2)cc1. The molecule has 10 aromatic rings. The van der Waals surface area contributed by atoms with Crippen molar-refractivity contribution in [3.05, 3.63) is 229 Å². The molecule has 0 saturated heterocycles. The van der Waals surface area contributed by atoms with Crippen LogP contribution in [-0.4, -0.2) is 0 Å². The lowest BCUT2D eigenvalue weighted by molar-refractivity contribution is 0.770. The maximum absolute atomic E-state index is 2.48. The number of benzene rings is 9. The molecule has 1 aliphatic rings. The van der Waals surface area contributed by atoms with Crippen LogP contribution in [0.3, 0.4) is 0 Å². The third-order valence-corrected chi connectivity index (χ3v) is 12.6. The third-order valence-electron chi connectivity index (χ3n) is 11.5. The van der Waals surface area contributed by atoms with Crippen molar-refractivity contribution < 1.29 is 0 Å². The number of hydrogen-bond acceptors (Lipinski definition) is 1. The Kier molecular flexibility index (Phi) is 7.05. The van der Waals surface area contributed by atoms with Gasteiger partial charge in [0, 0.05) is 20.2 Å². The van der Waals surface area contributed by atoms with Crippen LogP contribution in [0.2, 0.25) is 0 Å². The molecule has 0 unspecified atom stereocenters. The molecule has 252 valence electrons. The van der Waals surface area contributed by atoms with Crippen molar-refractivity contribution in [1.82, 2.24) is 0 Å². The van der Waals surface area contributed by atoms with Crippen LogP contribution in [0.1, 0.15) is 22.3 Å². The molecular formula is C53H34S. The lowest BCUT2D eigenvalue weighted by atomic mass is 9.67. The smallest absolute Gasteiger partial charge is 0.0714 e. The minimum absolute atomic E-state index is 0.416. The third kappa shape index (κ3) is 4.69. The highest BCUT2D eigenvalue weighted by Crippen LogP contribution is 2.56. The number of hydrogen-bond donors (Lipinski definition) is 0. The molecule has 0 bridgehead atoms. The summed E-state index contributed by atoms with van der Waals surface area (Å²) in [5.41, 5.74) is 14.9. The van der Waals surface area contributed by atoms with Crippen LogP contribution < -0.4 is 0 Å². The van der Waals surface area contributed by atoms with Crippen LogP contribution in [0, 0.1) is 0 Å². The maximum Gasteiger partial charge on any atom is 0.0714 e. The predicted molar refractivity (Wildman–Crippen MR) is 230 cm³/mol. The van der Waals surface area contributed by atoms with E-state index in [1.807, 2.05) is 11.3 Å². The highest BCUT2D eigenvalue weighted by Gasteiger charge is 2.45. The first kappa shape index (κ1) is 31.0. The molecule has 1 aliphatic carbocycles. The molecule has 0 spiro atoms. The fraction of sp³-hybridized carbons (Fsp3) is 0.0189. The van der Waals surface area contributed by atoms with Gasteiger partial charge in [0.1, 0.15) is 0 Å². The van der Waals surface area contributed by atoms with Gasteiger partial charge in [-0.25, -0.2) is 0 Å². The van der Waals surface area contributed by atoms with Gasteiger partial charge in [-0.1, -0.05) is 170 Å². The molecule has 54 heavy (non-hydrogen) atoms. The average molecular weight is 703 g/mol. The molecule has 11 rings (SSSR count). The Bertz CT molecular complexity index is 2990. The molecule has 0 amide bonds. The summed E-state index contributed by atoms with van der Waals surface area (Å²) in [6, 6.07) is 76.6. The Morgan fingerprint density at radius 2 is 0.926 bits per heavy atom. The van der Waals surface area contributed by atoms with E-state index in [0.717, 1.165) is 0 Å². The molecular weight excluding hydrogens is 669 g/mol. The van der Waals surface area contributed by atoms with Gasteiger partial charge in [-0.3, -0.25) is 0 Å². The van der Waals surface area contributed by atoms with Crippen molar-refractivity contribution in [2.24, 2.45) is 0 Å². The second-order valence-corrected chi connectivity index (χ2v) is 15.5. The lowest BCUT2D eigenvalue weighted by Gasteiger charge is -2.33. The molecule has 1 aromatic heterocycles. The van der Waals surface area contributed by atoms with Crippen LogP contribution in [0.25, 0.3) is 75.5 Å². The van der Waals surface area contributed by atoms with Crippen LogP contribution in [0.4, 0.5) is 0 Å². The van der Waals surface area contributed by atoms with E-state index >= 15 is 0 Å². The second kappa shape index (κ2) is 12.3. The first-order valence-corrected chi connectivity index (χ1v) is 19.5. The van der Waals surface area contributed by atoms with Gasteiger partial charge in [0.25, 0.3) is 0 Å². The summed E-state index contributed by atoms with van der Waals surface area (Å²) in [6.45, 7) is 0. The quantitative estimate of drug-likeness (QED) is 0.167. The van der Waals surface area contributed by atoms with E-state index in [0.29, 0.717) is 0 Å². The molecule has 9 aromatic carbocycles. The molecule has 0 saturated carbocycles. The van der Waals surface area contributed by atoms with Crippen molar-refractivity contribution in [3.8, 4) is 44.5 Å². The first-order chi connectivity index (χ1) is 26.8. The molecule has 0 N–H and O–H groups in total. The first-order valence-electron chi connectivity index (χ1n) is 18.7. The predicted octanol–water partition coefficient (Wildman–Crippen LogP) is 14.6. The van der Waals surface area contributed by atoms with Gasteiger partial charge in [-0.15, -0.1) is 11.3 Å². The Balaban J connectivity index is 1.13. The van der Waals surface area contributed by atoms with Gasteiger partial charge in [0.2, 0.25) is 0 Å². The molecule has 0 radical (unpaired) electrons. The van der Waals surface area contributed by atoms with E-state index in [-0.39, 0.29) is 0 Å². The van der Waals surface area contributed by atoms with Crippen molar-refractivity contribution in [1.29, 1.82) is 0 Å². The van der Waals surface area contributed by atoms with Gasteiger partial charge in [-0.2, -0.15) is 0 Å². The largest absolute Gasteiger partial charge is 0.135 e. The van der Waals surface area contributed by atoms with Gasteiger partial charge in [0.15, 0.2) is 0 Å². The summed E-state index contributed by atoms with van der Waals surface area (Å²) in [6.07, 6.45) is 0. The summed E-state index contributed by atoms with van der Waals surface area (Å²) in [5, 5.41) is 5.13. The van der Waals surface area contributed by atoms with Crippen LogP contribution in [0.5, 0.6) is 0 Å². The minimum Gasteiger partial charge on any atom is -0.135 e. The second-order valence-electron chi connectivity index (χ2n) is 14.4. The molecule has 0 nitrogen and oxygen atoms in total. The fourth-order valence-electron chi connectivity index (χ4n) is 9.13. The van der Waals surface area contributed by atoms with Crippen LogP contribution in [0.15, 0.2) is 206 Å². The van der Waals surface area contributed by atoms with Crippen LogP contribution in [-0.2, 0) is 5.41 Å². The lowest BCUT2D eigenvalue weighted by Crippen LogP contribution is -2.28. The van der Waals surface area contributed by atoms with E-state index < -0.39 is 5.41 Å². The number of rotatable bonds is 5. The van der Waals surface area contributed by atoms with Gasteiger partial charge in [-0.05, 0) is 114 Å². The van der Waals surface area contributed by atoms with Gasteiger partial charge in [0.05, 0.1) is 5.41 Å². The van der Waals surface area contributed by atoms with E-state index in [4.69, 9.17) is 0 Å². The zero-order valence-corrected chi connectivity index (χ0v) is 30.4. The minimum atomic E-state index is -0.416. The molecule has 0 fully saturated rings. The Morgan fingerprint density at radius 3 is 1.69 bits per heavy atom. The fourth-order valence-corrected chi connectivity index (χ4v) is 10.3. The Hall–Kier alpha value is -6.54. The van der Waals surface area contributed by atoms with Crippen molar-refractivity contribution in [2.75, 3.05) is 0 Å². The summed E-state index contributed by atoms with van der Waals surface area (Å²) in [7, 11) is 0. The highest BCUT2D eigenvalue weighted by molar-refractivity contribution is 7.26. The molecule has 0 aliphatic heterocycles. The highest BCUT2D eigenvalue weighted by atomic mass is 32.1. The maximum atomic E-state index is 2.48. The number of thiophene rings is 1. The normalized spacial score (nSPS) is 13.0. The van der Waals surface area contributed by atoms with Crippen LogP contribution >= 0.6 is 11.3 Å². The summed E-state index contributed by atoms with van der Waals surface area (Å²) >= 11 is 1.90. The van der Waals surface area contributed by atoms with Crippen molar-refractivity contribution in [3.63, 3.8) is 0 Å². The zero-order chi connectivity index (χ0) is 35.6. The molecule has 1 heterocycles. The number of fused-ring (bicyclic) bond motifs is 7. The van der Waals surface area contributed by atoms with E-state index in [9.17, 15) is 0 Å². The topological polar surface area (TPSA) is 0 Å². The van der Waals surface area contributed by atoms with Gasteiger partial charge >= 0.3 is 0 Å². The Labute approximate surface area is 319 Å². The monoisotopic (exact) mass is 702 g/mol. The van der Waals surface area contributed by atoms with Crippen molar-refractivity contribution >= 4 is 42.3 Å². The molecule has 0 atom stereocenters. The average Bonchev–Trinajstić information content (AvgIpc) is 3.78. The standard InChI is InChI=1S/C53H34S/c1-3-14-35(15-4-1)39-31-40(38-27-26-36-16-7-8-17-37(36)30-38)33-41(32-39)44-22-13-25-50-52(44)47-29-28-43(34-51(47)54-50)53(42-18-5-2-6-19-42)48-23-11-9-20-45(48)46-21-10-12-24-49(46)53/h1-34H. The van der Waals surface area contributed by atoms with E-state index in [1.54, 1.807) is 0 Å². The van der Waals surface area contributed by atoms with Gasteiger partial charge < -0.3 is 0 Å². The van der Waals surface area contributed by atoms with Crippen molar-refractivity contribution in [2.45, 2.75) is 5.41 Å². The molecule has 1 heteroatoms. The van der Waals surface area contributed by atoms with E-state index in [1.165, 1.54) is 97.7 Å². The summed E-state index contributed by atoms with van der Waals surface area (Å²) in [5.74, 6) is 0. The van der Waals surface area contributed by atoms with E-state index in [2.05, 4.69) is 206 Å². The Morgan fingerprint density at radius 1 is 0.315 bits per heavy atom. The zero-order valence-electron chi connectivity index (χ0n) is 29.5. The summed E-state index contributed by atoms with van der Waals surface area (Å²) in [4.78, 5) is 0. The summed E-state index contributed by atoms with van der Waals surface area (Å²) < 4.78 is 2.61.